The number of sulfonamides is 1. The maximum absolute atomic E-state index is 11.6. The summed E-state index contributed by atoms with van der Waals surface area (Å²) in [6, 6.07) is 0.421. The standard InChI is InChI=1S/C11H23N3O3S/c1-13(2)18(15,16)7-3-5-14-8-10-11(9-14)17-6-4-12-10/h10-12H,3-9H2,1-2H3/t10-,11-/m0/s1. The van der Waals surface area contributed by atoms with Crippen LogP contribution in [-0.4, -0.2) is 82.4 Å². The molecule has 18 heavy (non-hydrogen) atoms. The van der Waals surface area contributed by atoms with Gasteiger partial charge in [-0.05, 0) is 13.0 Å². The van der Waals surface area contributed by atoms with Crippen molar-refractivity contribution in [2.75, 3.05) is 52.6 Å². The first-order valence-corrected chi connectivity index (χ1v) is 8.07. The first kappa shape index (κ1) is 14.2. The molecule has 0 saturated carbocycles. The van der Waals surface area contributed by atoms with Crippen LogP contribution >= 0.6 is 0 Å². The maximum atomic E-state index is 11.6. The number of fused-ring (bicyclic) bond motifs is 1. The third-order valence-corrected chi connectivity index (χ3v) is 5.53. The van der Waals surface area contributed by atoms with Crippen molar-refractivity contribution in [1.82, 2.24) is 14.5 Å². The summed E-state index contributed by atoms with van der Waals surface area (Å²) in [4.78, 5) is 2.29. The van der Waals surface area contributed by atoms with Gasteiger partial charge in [0, 0.05) is 39.8 Å². The monoisotopic (exact) mass is 277 g/mol. The van der Waals surface area contributed by atoms with Crippen LogP contribution in [0.25, 0.3) is 0 Å². The van der Waals surface area contributed by atoms with E-state index >= 15 is 0 Å². The van der Waals surface area contributed by atoms with Crippen LogP contribution in [0.1, 0.15) is 6.42 Å². The van der Waals surface area contributed by atoms with Gasteiger partial charge in [-0.1, -0.05) is 0 Å². The van der Waals surface area contributed by atoms with Crippen LogP contribution in [0, 0.1) is 0 Å². The largest absolute Gasteiger partial charge is 0.374 e. The summed E-state index contributed by atoms with van der Waals surface area (Å²) >= 11 is 0. The Balaban J connectivity index is 1.72. The van der Waals surface area contributed by atoms with E-state index in [-0.39, 0.29) is 11.9 Å². The van der Waals surface area contributed by atoms with Gasteiger partial charge < -0.3 is 10.1 Å². The van der Waals surface area contributed by atoms with Crippen LogP contribution in [0.4, 0.5) is 0 Å². The minimum atomic E-state index is -3.06. The van der Waals surface area contributed by atoms with E-state index in [1.165, 1.54) is 4.31 Å². The zero-order valence-corrected chi connectivity index (χ0v) is 11.9. The quantitative estimate of drug-likeness (QED) is 0.694. The molecule has 0 aromatic carbocycles. The predicted octanol–water partition coefficient (Wildman–Crippen LogP) is -1.06. The highest BCUT2D eigenvalue weighted by Crippen LogP contribution is 2.16. The predicted molar refractivity (Wildman–Crippen MR) is 70.1 cm³/mol. The van der Waals surface area contributed by atoms with Crippen LogP contribution in [0.15, 0.2) is 0 Å². The summed E-state index contributed by atoms with van der Waals surface area (Å²) in [7, 11) is 0.106. The molecule has 0 aromatic rings. The third kappa shape index (κ3) is 3.42. The lowest BCUT2D eigenvalue weighted by Crippen LogP contribution is -2.47. The lowest BCUT2D eigenvalue weighted by molar-refractivity contribution is 0.0177. The Labute approximate surface area is 109 Å². The van der Waals surface area contributed by atoms with Gasteiger partial charge in [0.05, 0.1) is 18.5 Å². The van der Waals surface area contributed by atoms with E-state index in [0.717, 1.165) is 32.8 Å². The molecule has 2 aliphatic heterocycles. The molecule has 2 aliphatic rings. The zero-order chi connectivity index (χ0) is 13.2. The maximum Gasteiger partial charge on any atom is 0.213 e. The lowest BCUT2D eigenvalue weighted by Gasteiger charge is -2.25. The first-order valence-electron chi connectivity index (χ1n) is 6.46. The first-order chi connectivity index (χ1) is 8.49. The van der Waals surface area contributed by atoms with E-state index in [4.69, 9.17) is 4.74 Å². The van der Waals surface area contributed by atoms with Crippen molar-refractivity contribution in [2.45, 2.75) is 18.6 Å². The molecule has 0 aliphatic carbocycles. The second kappa shape index (κ2) is 5.83. The molecule has 0 bridgehead atoms. The number of nitrogens with one attached hydrogen (secondary N) is 1. The van der Waals surface area contributed by atoms with Gasteiger partial charge in [0.25, 0.3) is 0 Å². The van der Waals surface area contributed by atoms with Crippen LogP contribution in [-0.2, 0) is 14.8 Å². The van der Waals surface area contributed by atoms with Gasteiger partial charge in [-0.25, -0.2) is 12.7 Å². The second-order valence-electron chi connectivity index (χ2n) is 5.18. The molecule has 2 fully saturated rings. The Morgan fingerprint density at radius 2 is 2.17 bits per heavy atom. The van der Waals surface area contributed by atoms with Crippen LogP contribution in [0.2, 0.25) is 0 Å². The van der Waals surface area contributed by atoms with E-state index in [0.29, 0.717) is 12.5 Å². The van der Waals surface area contributed by atoms with Crippen molar-refractivity contribution in [1.29, 1.82) is 0 Å². The molecule has 0 unspecified atom stereocenters. The topological polar surface area (TPSA) is 61.9 Å². The Morgan fingerprint density at radius 3 is 2.83 bits per heavy atom. The van der Waals surface area contributed by atoms with Crippen LogP contribution in [0.5, 0.6) is 0 Å². The molecule has 0 amide bonds. The molecule has 2 rings (SSSR count). The fourth-order valence-corrected chi connectivity index (χ4v) is 3.37. The fourth-order valence-electron chi connectivity index (χ4n) is 2.51. The summed E-state index contributed by atoms with van der Waals surface area (Å²) in [5.74, 6) is 0.222. The van der Waals surface area contributed by atoms with Gasteiger partial charge in [0.1, 0.15) is 0 Å². The van der Waals surface area contributed by atoms with Gasteiger partial charge in [-0.2, -0.15) is 0 Å². The van der Waals surface area contributed by atoms with Crippen LogP contribution < -0.4 is 5.32 Å². The molecule has 2 atom stereocenters. The molecule has 0 spiro atoms. The van der Waals surface area contributed by atoms with E-state index in [1.807, 2.05) is 0 Å². The van der Waals surface area contributed by atoms with Crippen LogP contribution in [0.3, 0.4) is 0 Å². The summed E-state index contributed by atoms with van der Waals surface area (Å²) in [5.41, 5.74) is 0. The average Bonchev–Trinajstić information content (AvgIpc) is 2.70. The molecule has 0 radical (unpaired) electrons. The number of nitrogens with zero attached hydrogens (tertiary/aromatic N) is 2. The molecule has 2 heterocycles. The van der Waals surface area contributed by atoms with Gasteiger partial charge in [0.15, 0.2) is 0 Å². The minimum Gasteiger partial charge on any atom is -0.374 e. The van der Waals surface area contributed by atoms with Crippen molar-refractivity contribution in [3.63, 3.8) is 0 Å². The highest BCUT2D eigenvalue weighted by Gasteiger charge is 2.34. The number of morpholine rings is 1. The summed E-state index contributed by atoms with van der Waals surface area (Å²) < 4.78 is 30.2. The third-order valence-electron chi connectivity index (χ3n) is 3.62. The molecular weight excluding hydrogens is 254 g/mol. The minimum absolute atomic E-state index is 0.222. The smallest absolute Gasteiger partial charge is 0.213 e. The Hall–Kier alpha value is -0.210. The number of ether oxygens (including phenoxy) is 1. The molecular formula is C11H23N3O3S. The van der Waals surface area contributed by atoms with Crippen molar-refractivity contribution >= 4 is 10.0 Å². The highest BCUT2D eigenvalue weighted by atomic mass is 32.2. The fraction of sp³-hybridized carbons (Fsp3) is 1.00. The van der Waals surface area contributed by atoms with E-state index in [1.54, 1.807) is 14.1 Å². The van der Waals surface area contributed by atoms with Gasteiger partial charge >= 0.3 is 0 Å². The van der Waals surface area contributed by atoms with Gasteiger partial charge in [-0.3, -0.25) is 4.90 Å². The van der Waals surface area contributed by atoms with Crippen molar-refractivity contribution in [3.8, 4) is 0 Å². The van der Waals surface area contributed by atoms with Gasteiger partial charge in [-0.15, -0.1) is 0 Å². The molecule has 106 valence electrons. The van der Waals surface area contributed by atoms with Gasteiger partial charge in [0.2, 0.25) is 10.0 Å². The second-order valence-corrected chi connectivity index (χ2v) is 7.48. The van der Waals surface area contributed by atoms with Crippen molar-refractivity contribution in [3.05, 3.63) is 0 Å². The Kier molecular flexibility index (Phi) is 4.60. The lowest BCUT2D eigenvalue weighted by atomic mass is 10.2. The summed E-state index contributed by atoms with van der Waals surface area (Å²) in [6.45, 7) is 4.41. The zero-order valence-electron chi connectivity index (χ0n) is 11.1. The van der Waals surface area contributed by atoms with Crippen molar-refractivity contribution in [2.24, 2.45) is 0 Å². The van der Waals surface area contributed by atoms with E-state index in [9.17, 15) is 8.42 Å². The Bertz CT molecular complexity index is 358. The molecule has 0 aromatic heterocycles. The number of rotatable bonds is 5. The summed E-state index contributed by atoms with van der Waals surface area (Å²) in [6.07, 6.45) is 0.962. The number of hydrogen-bond donors (Lipinski definition) is 1. The summed E-state index contributed by atoms with van der Waals surface area (Å²) in [5, 5.41) is 3.44. The van der Waals surface area contributed by atoms with E-state index < -0.39 is 10.0 Å². The molecule has 1 N–H and O–H groups in total. The SMILES string of the molecule is CN(C)S(=O)(=O)CCCN1C[C@@H]2NCCO[C@H]2C1. The Morgan fingerprint density at radius 1 is 1.39 bits per heavy atom. The molecule has 7 heteroatoms. The average molecular weight is 277 g/mol. The normalized spacial score (nSPS) is 29.7. The van der Waals surface area contributed by atoms with Crippen molar-refractivity contribution < 1.29 is 13.2 Å². The van der Waals surface area contributed by atoms with E-state index in [2.05, 4.69) is 10.2 Å². The number of hydrogen-bond acceptors (Lipinski definition) is 5. The number of likely N-dealkylation sites (tertiary alicyclic amines) is 1. The molecule has 6 nitrogen and oxygen atoms in total. The highest BCUT2D eigenvalue weighted by molar-refractivity contribution is 7.89. The molecule has 2 saturated heterocycles.